The minimum atomic E-state index is 0. The van der Waals surface area contributed by atoms with Crippen LogP contribution in [0.15, 0.2) is 12.3 Å². The summed E-state index contributed by atoms with van der Waals surface area (Å²) in [6.45, 7) is 2.85. The molecule has 2 aliphatic carbocycles. The highest BCUT2D eigenvalue weighted by Gasteiger charge is 2.50. The molecule has 26 heavy (non-hydrogen) atoms. The number of carbonyl (C=O) groups excluding carboxylic acids is 1. The van der Waals surface area contributed by atoms with Crippen molar-refractivity contribution in [1.82, 2.24) is 9.88 Å². The standard InChI is InChI=1S/C17H22Cl2N4O.2ClH/c18-12-8-13(19)16(21-9-12)22-3-5-23(6-4-22)17(24)14-10-1-2-11(7-10)15(14)20;;/h8-11,14-15H,1-7,20H2;2*1H. The van der Waals surface area contributed by atoms with Crippen LogP contribution in [0.25, 0.3) is 0 Å². The number of anilines is 1. The predicted octanol–water partition coefficient (Wildman–Crippen LogP) is 3.25. The third kappa shape index (κ3) is 3.88. The zero-order valence-corrected chi connectivity index (χ0v) is 17.5. The van der Waals surface area contributed by atoms with Gasteiger partial charge in [0.2, 0.25) is 5.91 Å². The van der Waals surface area contributed by atoms with Gasteiger partial charge in [-0.3, -0.25) is 4.79 Å². The minimum Gasteiger partial charge on any atom is -0.352 e. The molecule has 9 heteroatoms. The predicted molar refractivity (Wildman–Crippen MR) is 110 cm³/mol. The second-order valence-electron chi connectivity index (χ2n) is 7.21. The maximum atomic E-state index is 12.9. The number of piperazine rings is 1. The molecule has 2 bridgehead atoms. The van der Waals surface area contributed by atoms with Crippen LogP contribution in [0.3, 0.4) is 0 Å². The average Bonchev–Trinajstić information content (AvgIpc) is 3.16. The van der Waals surface area contributed by atoms with Crippen molar-refractivity contribution in [2.24, 2.45) is 23.5 Å². The summed E-state index contributed by atoms with van der Waals surface area (Å²) in [7, 11) is 0. The molecule has 1 saturated heterocycles. The Labute approximate surface area is 176 Å². The van der Waals surface area contributed by atoms with Gasteiger partial charge in [0.05, 0.1) is 16.0 Å². The lowest BCUT2D eigenvalue weighted by Gasteiger charge is -2.39. The Balaban J connectivity index is 0.00000121. The van der Waals surface area contributed by atoms with Crippen LogP contribution in [-0.2, 0) is 4.79 Å². The van der Waals surface area contributed by atoms with Gasteiger partial charge >= 0.3 is 0 Å². The highest BCUT2D eigenvalue weighted by Crippen LogP contribution is 2.48. The van der Waals surface area contributed by atoms with E-state index in [0.29, 0.717) is 35.0 Å². The Morgan fingerprint density at radius 1 is 1.12 bits per heavy atom. The Morgan fingerprint density at radius 3 is 2.35 bits per heavy atom. The molecule has 5 nitrogen and oxygen atoms in total. The highest BCUT2D eigenvalue weighted by atomic mass is 35.5. The minimum absolute atomic E-state index is 0. The second kappa shape index (κ2) is 8.70. The average molecular weight is 442 g/mol. The van der Waals surface area contributed by atoms with Gasteiger partial charge in [0.15, 0.2) is 0 Å². The van der Waals surface area contributed by atoms with Crippen LogP contribution in [0.4, 0.5) is 5.82 Å². The van der Waals surface area contributed by atoms with Crippen molar-refractivity contribution in [1.29, 1.82) is 0 Å². The zero-order valence-electron chi connectivity index (χ0n) is 14.3. The summed E-state index contributed by atoms with van der Waals surface area (Å²) in [5.74, 6) is 2.09. The topological polar surface area (TPSA) is 62.5 Å². The number of nitrogens with zero attached hydrogens (tertiary/aromatic N) is 3. The van der Waals surface area contributed by atoms with Gasteiger partial charge in [-0.2, -0.15) is 0 Å². The molecule has 3 fully saturated rings. The summed E-state index contributed by atoms with van der Waals surface area (Å²) >= 11 is 12.1. The van der Waals surface area contributed by atoms with E-state index in [2.05, 4.69) is 9.88 Å². The molecule has 2 heterocycles. The molecule has 2 N–H and O–H groups in total. The van der Waals surface area contributed by atoms with Crippen molar-refractivity contribution in [3.8, 4) is 0 Å². The van der Waals surface area contributed by atoms with Crippen molar-refractivity contribution in [2.75, 3.05) is 31.1 Å². The number of nitrogens with two attached hydrogens (primary N) is 1. The number of rotatable bonds is 2. The molecular formula is C17H24Cl4N4O. The van der Waals surface area contributed by atoms with E-state index in [4.69, 9.17) is 28.9 Å². The van der Waals surface area contributed by atoms with Gasteiger partial charge in [-0.15, -0.1) is 24.8 Å². The van der Waals surface area contributed by atoms with Crippen molar-refractivity contribution < 1.29 is 4.79 Å². The van der Waals surface area contributed by atoms with E-state index in [-0.39, 0.29) is 42.7 Å². The lowest BCUT2D eigenvalue weighted by molar-refractivity contribution is -0.138. The summed E-state index contributed by atoms with van der Waals surface area (Å²) in [5, 5.41) is 1.08. The molecule has 3 aliphatic rings. The molecule has 4 atom stereocenters. The first-order valence-electron chi connectivity index (χ1n) is 8.65. The molecule has 146 valence electrons. The SMILES string of the molecule is Cl.Cl.NC1C2CCC(C2)C1C(=O)N1CCN(c2ncc(Cl)cc2Cl)CC1. The first-order valence-corrected chi connectivity index (χ1v) is 9.40. The van der Waals surface area contributed by atoms with Gasteiger partial charge in [-0.1, -0.05) is 23.2 Å². The van der Waals surface area contributed by atoms with E-state index in [1.54, 1.807) is 12.3 Å². The van der Waals surface area contributed by atoms with E-state index in [9.17, 15) is 4.79 Å². The maximum Gasteiger partial charge on any atom is 0.227 e. The molecule has 1 amide bonds. The number of aromatic nitrogens is 1. The van der Waals surface area contributed by atoms with Crippen molar-refractivity contribution >= 4 is 59.7 Å². The Hall–Kier alpha value is -0.460. The molecule has 1 aliphatic heterocycles. The normalized spacial score (nSPS) is 30.0. The first-order chi connectivity index (χ1) is 11.5. The number of carbonyl (C=O) groups is 1. The fourth-order valence-corrected chi connectivity index (χ4v) is 5.19. The van der Waals surface area contributed by atoms with Crippen molar-refractivity contribution in [2.45, 2.75) is 25.3 Å². The van der Waals surface area contributed by atoms with E-state index in [1.165, 1.54) is 12.8 Å². The Kier molecular flexibility index (Phi) is 7.30. The van der Waals surface area contributed by atoms with Crippen LogP contribution in [0.2, 0.25) is 10.0 Å². The first kappa shape index (κ1) is 21.8. The largest absolute Gasteiger partial charge is 0.352 e. The summed E-state index contributed by atoms with van der Waals surface area (Å²) < 4.78 is 0. The van der Waals surface area contributed by atoms with Gasteiger partial charge in [0.1, 0.15) is 5.82 Å². The van der Waals surface area contributed by atoms with Gasteiger partial charge in [-0.05, 0) is 37.2 Å². The summed E-state index contributed by atoms with van der Waals surface area (Å²) in [4.78, 5) is 21.3. The van der Waals surface area contributed by atoms with E-state index in [1.807, 2.05) is 4.90 Å². The quantitative estimate of drug-likeness (QED) is 0.764. The molecule has 2 saturated carbocycles. The van der Waals surface area contributed by atoms with Gasteiger partial charge in [0, 0.05) is 38.4 Å². The molecule has 1 aromatic heterocycles. The van der Waals surface area contributed by atoms with Gasteiger partial charge < -0.3 is 15.5 Å². The molecule has 0 aromatic carbocycles. The van der Waals surface area contributed by atoms with Crippen molar-refractivity contribution in [3.05, 3.63) is 22.3 Å². The third-order valence-electron chi connectivity index (χ3n) is 5.95. The van der Waals surface area contributed by atoms with Crippen molar-refractivity contribution in [3.63, 3.8) is 0 Å². The fourth-order valence-electron chi connectivity index (χ4n) is 4.69. The fraction of sp³-hybridized carbons (Fsp3) is 0.647. The van der Waals surface area contributed by atoms with E-state index < -0.39 is 0 Å². The molecule has 4 unspecified atom stereocenters. The number of fused-ring (bicyclic) bond motifs is 2. The molecule has 4 rings (SSSR count). The summed E-state index contributed by atoms with van der Waals surface area (Å²) in [6, 6.07) is 1.76. The van der Waals surface area contributed by atoms with Crippen LogP contribution in [0.5, 0.6) is 0 Å². The molecule has 1 aromatic rings. The number of pyridine rings is 1. The van der Waals surface area contributed by atoms with Gasteiger partial charge in [0.25, 0.3) is 0 Å². The number of hydrogen-bond acceptors (Lipinski definition) is 4. The smallest absolute Gasteiger partial charge is 0.227 e. The Morgan fingerprint density at radius 2 is 1.77 bits per heavy atom. The summed E-state index contributed by atoms with van der Waals surface area (Å²) in [5.41, 5.74) is 6.33. The number of hydrogen-bond donors (Lipinski definition) is 1. The van der Waals surface area contributed by atoms with Crippen LogP contribution < -0.4 is 10.6 Å². The lowest BCUT2D eigenvalue weighted by Crippen LogP contribution is -2.54. The van der Waals surface area contributed by atoms with Gasteiger partial charge in [-0.25, -0.2) is 4.98 Å². The van der Waals surface area contributed by atoms with Crippen LogP contribution in [0, 0.1) is 17.8 Å². The molecule has 0 radical (unpaired) electrons. The van der Waals surface area contributed by atoms with Crippen LogP contribution in [-0.4, -0.2) is 48.0 Å². The Bertz CT molecular complexity index is 652. The van der Waals surface area contributed by atoms with Crippen LogP contribution in [0.1, 0.15) is 19.3 Å². The maximum absolute atomic E-state index is 12.9. The third-order valence-corrected chi connectivity index (χ3v) is 6.43. The second-order valence-corrected chi connectivity index (χ2v) is 8.05. The molecular weight excluding hydrogens is 418 g/mol. The highest BCUT2D eigenvalue weighted by molar-refractivity contribution is 6.36. The number of halogens is 4. The van der Waals surface area contributed by atoms with Crippen LogP contribution >= 0.6 is 48.0 Å². The zero-order chi connectivity index (χ0) is 16.8. The van der Waals surface area contributed by atoms with E-state index >= 15 is 0 Å². The lowest BCUT2D eigenvalue weighted by atomic mass is 9.84. The summed E-state index contributed by atoms with van der Waals surface area (Å²) in [6.07, 6.45) is 5.11. The number of amides is 1. The molecule has 0 spiro atoms. The monoisotopic (exact) mass is 440 g/mol. The van der Waals surface area contributed by atoms with E-state index in [0.717, 1.165) is 25.3 Å².